The summed E-state index contributed by atoms with van der Waals surface area (Å²) in [6, 6.07) is 0. The van der Waals surface area contributed by atoms with Crippen LogP contribution in [0.1, 0.15) is 21.6 Å². The second kappa shape index (κ2) is 2.98. The summed E-state index contributed by atoms with van der Waals surface area (Å²) in [4.78, 5) is 0. The maximum Gasteiger partial charge on any atom is 0.158 e. The molecule has 0 aromatic carbocycles. The van der Waals surface area contributed by atoms with Gasteiger partial charge in [0.05, 0.1) is 14.1 Å². The van der Waals surface area contributed by atoms with E-state index < -0.39 is 18.8 Å². The highest BCUT2D eigenvalue weighted by Crippen LogP contribution is 2.35. The number of aliphatic hydroxyl groups excluding tert-OH is 1. The van der Waals surface area contributed by atoms with Crippen LogP contribution in [-0.2, 0) is 9.47 Å². The van der Waals surface area contributed by atoms with Crippen LogP contribution in [0.2, 0.25) is 0 Å². The van der Waals surface area contributed by atoms with Crippen LogP contribution in [0.15, 0.2) is 0 Å². The third-order valence-corrected chi connectivity index (χ3v) is 2.77. The third-order valence-electron chi connectivity index (χ3n) is 2.77. The van der Waals surface area contributed by atoms with Gasteiger partial charge in [-0.05, 0) is 11.8 Å². The number of hydrogen-bond acceptors (Lipinski definition) is 3. The van der Waals surface area contributed by atoms with Crippen molar-refractivity contribution in [2.75, 3.05) is 6.58 Å². The monoisotopic (exact) mass is 173 g/mol. The smallest absolute Gasteiger partial charge is 0.158 e. The molecule has 1 N–H and O–H groups in total. The molecule has 2 aliphatic heterocycles. The highest BCUT2D eigenvalue weighted by Gasteiger charge is 2.43. The highest BCUT2D eigenvalue weighted by atomic mass is 16.7. The first-order valence-corrected chi connectivity index (χ1v) is 4.51. The molecule has 2 rings (SSSR count). The molecule has 0 spiro atoms. The van der Waals surface area contributed by atoms with Gasteiger partial charge >= 0.3 is 0 Å². The molecule has 0 saturated carbocycles. The second-order valence-electron chi connectivity index (χ2n) is 3.94. The first-order valence-electron chi connectivity index (χ1n) is 5.08. The minimum atomic E-state index is -0.705. The fourth-order valence-corrected chi connectivity index (χ4v) is 1.95. The number of fused-ring (bicyclic) bond motifs is 2. The fraction of sp³-hybridized carbons (Fsp3) is 1.00. The number of hydrogen-bond donors (Lipinski definition) is 1. The van der Waals surface area contributed by atoms with Gasteiger partial charge < -0.3 is 14.6 Å². The molecule has 2 fully saturated rings. The molecule has 0 unspecified atom stereocenters. The van der Waals surface area contributed by atoms with Crippen molar-refractivity contribution in [3.05, 3.63) is 0 Å². The topological polar surface area (TPSA) is 38.7 Å². The van der Waals surface area contributed by atoms with Crippen LogP contribution in [0.5, 0.6) is 0 Å². The van der Waals surface area contributed by atoms with E-state index in [0.717, 1.165) is 0 Å². The fourth-order valence-electron chi connectivity index (χ4n) is 1.95. The van der Waals surface area contributed by atoms with Crippen LogP contribution < -0.4 is 0 Å². The molecule has 2 saturated heterocycles. The lowest BCUT2D eigenvalue weighted by Crippen LogP contribution is -2.42. The summed E-state index contributed by atoms with van der Waals surface area (Å²) in [5.74, 6) is 0.622. The maximum absolute atomic E-state index is 9.87. The van der Waals surface area contributed by atoms with E-state index in [2.05, 4.69) is 13.8 Å². The molecular formula is C9H16O3. The van der Waals surface area contributed by atoms with Crippen molar-refractivity contribution in [1.82, 2.24) is 0 Å². The zero-order valence-corrected chi connectivity index (χ0v) is 7.43. The van der Waals surface area contributed by atoms with Crippen molar-refractivity contribution in [3.8, 4) is 0 Å². The van der Waals surface area contributed by atoms with Gasteiger partial charge in [0.2, 0.25) is 0 Å². The Labute approximate surface area is 74.1 Å². The lowest BCUT2D eigenvalue weighted by atomic mass is 9.84. The molecule has 2 aliphatic rings. The molecule has 2 heterocycles. The lowest BCUT2D eigenvalue weighted by molar-refractivity contribution is -0.151. The van der Waals surface area contributed by atoms with Gasteiger partial charge in [0.25, 0.3) is 0 Å². The number of aliphatic hydroxyl groups is 1. The van der Waals surface area contributed by atoms with E-state index >= 15 is 0 Å². The van der Waals surface area contributed by atoms with E-state index in [4.69, 9.17) is 10.8 Å². The maximum atomic E-state index is 9.87. The Bertz CT molecular complexity index is 197. The molecular weight excluding hydrogens is 156 g/mol. The summed E-state index contributed by atoms with van der Waals surface area (Å²) in [6.07, 6.45) is -0.527. The van der Waals surface area contributed by atoms with Crippen LogP contribution in [0, 0.1) is 11.8 Å². The van der Waals surface area contributed by atoms with E-state index in [1.807, 2.05) is 0 Å². The quantitative estimate of drug-likeness (QED) is 0.636. The van der Waals surface area contributed by atoms with Gasteiger partial charge in [-0.2, -0.15) is 0 Å². The highest BCUT2D eigenvalue weighted by molar-refractivity contribution is 4.87. The van der Waals surface area contributed by atoms with E-state index in [-0.39, 0.29) is 12.2 Å². The van der Waals surface area contributed by atoms with Gasteiger partial charge in [-0.25, -0.2) is 0 Å². The van der Waals surface area contributed by atoms with Crippen molar-refractivity contribution in [1.29, 1.82) is 0 Å². The molecule has 0 aliphatic carbocycles. The predicted molar refractivity (Wildman–Crippen MR) is 43.6 cm³/mol. The van der Waals surface area contributed by atoms with Gasteiger partial charge in [0, 0.05) is 6.42 Å². The predicted octanol–water partition coefficient (Wildman–Crippen LogP) is 0.765. The summed E-state index contributed by atoms with van der Waals surface area (Å²) >= 11 is 0. The SMILES string of the molecule is [2H][C@H]1O[C@@H]2C[C@@H](C(C)C)[C@H](O)[C@H]1O2. The normalized spacial score (nSPS) is 54.3. The summed E-state index contributed by atoms with van der Waals surface area (Å²) in [5, 5.41) is 9.87. The molecule has 2 bridgehead atoms. The van der Waals surface area contributed by atoms with Crippen LogP contribution in [-0.4, -0.2) is 30.2 Å². The first-order chi connectivity index (χ1) is 6.09. The molecule has 3 heteroatoms. The summed E-state index contributed by atoms with van der Waals surface area (Å²) in [5.41, 5.74) is 0. The Balaban J connectivity index is 2.12. The average molecular weight is 173 g/mol. The van der Waals surface area contributed by atoms with E-state index in [0.29, 0.717) is 12.3 Å². The van der Waals surface area contributed by atoms with Crippen molar-refractivity contribution < 1.29 is 16.0 Å². The first kappa shape index (κ1) is 7.30. The average Bonchev–Trinajstić information content (AvgIpc) is 2.36. The largest absolute Gasteiger partial charge is 0.390 e. The van der Waals surface area contributed by atoms with Crippen LogP contribution in [0.3, 0.4) is 0 Å². The van der Waals surface area contributed by atoms with Crippen molar-refractivity contribution in [2.24, 2.45) is 11.8 Å². The Morgan fingerprint density at radius 1 is 1.58 bits per heavy atom. The summed E-state index contributed by atoms with van der Waals surface area (Å²) in [7, 11) is 0. The van der Waals surface area contributed by atoms with Crippen LogP contribution in [0.25, 0.3) is 0 Å². The van der Waals surface area contributed by atoms with Gasteiger partial charge in [-0.1, -0.05) is 13.8 Å². The van der Waals surface area contributed by atoms with Crippen molar-refractivity contribution in [3.63, 3.8) is 0 Å². The standard InChI is InChI=1S/C9H16O3/c1-5(2)6-3-8-11-4-7(12-8)9(6)10/h5-10H,3-4H2,1-2H3/t6-,7-,8-,9-/m0/s1/i4D/t4-,6+,7+,8+,9+/m1. The van der Waals surface area contributed by atoms with E-state index in [1.54, 1.807) is 0 Å². The Morgan fingerprint density at radius 2 is 2.33 bits per heavy atom. The van der Waals surface area contributed by atoms with E-state index in [9.17, 15) is 5.11 Å². The summed E-state index contributed by atoms with van der Waals surface area (Å²) in [6.45, 7) is 3.46. The molecule has 70 valence electrons. The molecule has 12 heavy (non-hydrogen) atoms. The molecule has 5 atom stereocenters. The third kappa shape index (κ3) is 1.26. The number of rotatable bonds is 1. The van der Waals surface area contributed by atoms with Crippen molar-refractivity contribution >= 4 is 0 Å². The zero-order valence-electron chi connectivity index (χ0n) is 8.43. The van der Waals surface area contributed by atoms with Crippen LogP contribution >= 0.6 is 0 Å². The number of ether oxygens (including phenoxy) is 2. The minimum absolute atomic E-state index is 0.207. The zero-order chi connectivity index (χ0) is 9.59. The Kier molecular flexibility index (Phi) is 1.81. The summed E-state index contributed by atoms with van der Waals surface area (Å²) < 4.78 is 18.1. The van der Waals surface area contributed by atoms with Crippen molar-refractivity contribution in [2.45, 2.75) is 38.8 Å². The second-order valence-corrected chi connectivity index (χ2v) is 3.94. The van der Waals surface area contributed by atoms with E-state index in [1.165, 1.54) is 0 Å². The Hall–Kier alpha value is -0.120. The van der Waals surface area contributed by atoms with Gasteiger partial charge in [0.15, 0.2) is 6.29 Å². The molecule has 0 amide bonds. The molecule has 0 aromatic rings. The lowest BCUT2D eigenvalue weighted by Gasteiger charge is -2.34. The van der Waals surface area contributed by atoms with Gasteiger partial charge in [-0.3, -0.25) is 0 Å². The molecule has 0 aromatic heterocycles. The minimum Gasteiger partial charge on any atom is -0.390 e. The van der Waals surface area contributed by atoms with Gasteiger partial charge in [0.1, 0.15) is 6.10 Å². The molecule has 0 radical (unpaired) electrons. The molecule has 3 nitrogen and oxygen atoms in total. The Morgan fingerprint density at radius 3 is 3.00 bits per heavy atom. The van der Waals surface area contributed by atoms with Gasteiger partial charge in [-0.15, -0.1) is 0 Å². The van der Waals surface area contributed by atoms with Crippen LogP contribution in [0.4, 0.5) is 0 Å².